The van der Waals surface area contributed by atoms with Crippen LogP contribution in [0.1, 0.15) is 0 Å². The van der Waals surface area contributed by atoms with E-state index in [-0.39, 0.29) is 0 Å². The minimum absolute atomic E-state index is 0.489. The molecule has 0 saturated carbocycles. The molecule has 0 aliphatic carbocycles. The van der Waals surface area contributed by atoms with Crippen LogP contribution in [0.25, 0.3) is 0 Å². The smallest absolute Gasteiger partial charge is 0.323 e. The van der Waals surface area contributed by atoms with Crippen molar-refractivity contribution in [3.05, 3.63) is 121 Å². The number of nitrogens with two attached hydrogens (primary N) is 2. The molecule has 32 heavy (non-hydrogen) atoms. The van der Waals surface area contributed by atoms with Gasteiger partial charge < -0.3 is 11.5 Å². The standard InChI is InChI=1S/2C13H12N2O/c2*14-13(16)15(11-7-3-1-4-8-11)12-9-5-2-6-10-12/h2*1-10H,(H2,14,16). The molecule has 0 bridgehead atoms. The van der Waals surface area contributed by atoms with E-state index in [0.717, 1.165) is 22.7 Å². The minimum atomic E-state index is -0.489. The predicted molar refractivity (Wildman–Crippen MR) is 129 cm³/mol. The molecule has 0 aliphatic heterocycles. The highest BCUT2D eigenvalue weighted by molar-refractivity contribution is 5.99. The average Bonchev–Trinajstić information content (AvgIpc) is 2.82. The van der Waals surface area contributed by atoms with Gasteiger partial charge in [-0.05, 0) is 48.5 Å². The summed E-state index contributed by atoms with van der Waals surface area (Å²) in [6, 6.07) is 36.3. The van der Waals surface area contributed by atoms with Gasteiger partial charge in [-0.1, -0.05) is 72.8 Å². The number of carbonyl (C=O) groups is 2. The normalized spacial score (nSPS) is 9.75. The van der Waals surface area contributed by atoms with Crippen molar-refractivity contribution < 1.29 is 9.59 Å². The Bertz CT molecular complexity index is 950. The number of hydrogen-bond donors (Lipinski definition) is 2. The number of primary amides is 2. The number of amides is 4. The predicted octanol–water partition coefficient (Wildman–Crippen LogP) is 5.81. The second-order valence-corrected chi connectivity index (χ2v) is 6.69. The van der Waals surface area contributed by atoms with Crippen LogP contribution in [0.4, 0.5) is 32.3 Å². The summed E-state index contributed by atoms with van der Waals surface area (Å²) in [5, 5.41) is 0. The molecule has 4 rings (SSSR count). The lowest BCUT2D eigenvalue weighted by Crippen LogP contribution is -2.31. The maximum Gasteiger partial charge on any atom is 0.323 e. The van der Waals surface area contributed by atoms with E-state index in [9.17, 15) is 9.59 Å². The molecule has 0 aromatic heterocycles. The highest BCUT2D eigenvalue weighted by Gasteiger charge is 2.14. The van der Waals surface area contributed by atoms with Gasteiger partial charge in [0.1, 0.15) is 0 Å². The molecule has 4 amide bonds. The third kappa shape index (κ3) is 5.73. The number of nitrogens with zero attached hydrogens (tertiary/aromatic N) is 2. The molecule has 4 aromatic carbocycles. The van der Waals surface area contributed by atoms with E-state index in [1.807, 2.05) is 121 Å². The van der Waals surface area contributed by atoms with Gasteiger partial charge in [-0.2, -0.15) is 0 Å². The number of rotatable bonds is 4. The lowest BCUT2D eigenvalue weighted by Gasteiger charge is -2.20. The van der Waals surface area contributed by atoms with Crippen molar-refractivity contribution in [3.8, 4) is 0 Å². The molecule has 0 saturated heterocycles. The number of anilines is 4. The molecule has 6 heteroatoms. The van der Waals surface area contributed by atoms with Gasteiger partial charge in [0, 0.05) is 0 Å². The first-order chi connectivity index (χ1) is 15.6. The molecular formula is C26H24N4O2. The molecular weight excluding hydrogens is 400 g/mol. The van der Waals surface area contributed by atoms with Crippen LogP contribution in [-0.2, 0) is 0 Å². The zero-order chi connectivity index (χ0) is 22.8. The summed E-state index contributed by atoms with van der Waals surface area (Å²) in [4.78, 5) is 25.8. The summed E-state index contributed by atoms with van der Waals surface area (Å²) in [5.74, 6) is 0. The summed E-state index contributed by atoms with van der Waals surface area (Å²) in [6.45, 7) is 0. The monoisotopic (exact) mass is 424 g/mol. The van der Waals surface area contributed by atoms with Crippen LogP contribution >= 0.6 is 0 Å². The van der Waals surface area contributed by atoms with Crippen molar-refractivity contribution in [2.45, 2.75) is 0 Å². The number of carbonyl (C=O) groups excluding carboxylic acids is 2. The lowest BCUT2D eigenvalue weighted by molar-refractivity contribution is 0.255. The Hall–Kier alpha value is -4.58. The summed E-state index contributed by atoms with van der Waals surface area (Å²) in [5.41, 5.74) is 13.8. The number of para-hydroxylation sites is 4. The molecule has 4 aromatic rings. The van der Waals surface area contributed by atoms with Crippen LogP contribution in [0, 0.1) is 0 Å². The topological polar surface area (TPSA) is 92.7 Å². The van der Waals surface area contributed by atoms with Crippen molar-refractivity contribution in [2.24, 2.45) is 11.5 Å². The second-order valence-electron chi connectivity index (χ2n) is 6.69. The van der Waals surface area contributed by atoms with E-state index in [2.05, 4.69) is 0 Å². The first kappa shape index (κ1) is 22.1. The molecule has 4 N–H and O–H groups in total. The zero-order valence-electron chi connectivity index (χ0n) is 17.4. The first-order valence-electron chi connectivity index (χ1n) is 9.97. The van der Waals surface area contributed by atoms with E-state index >= 15 is 0 Å². The fourth-order valence-corrected chi connectivity index (χ4v) is 3.12. The van der Waals surface area contributed by atoms with Crippen LogP contribution in [0.15, 0.2) is 121 Å². The fourth-order valence-electron chi connectivity index (χ4n) is 3.12. The van der Waals surface area contributed by atoms with Gasteiger partial charge in [-0.25, -0.2) is 9.59 Å². The average molecular weight is 425 g/mol. The van der Waals surface area contributed by atoms with Crippen molar-refractivity contribution >= 4 is 34.8 Å². The molecule has 0 spiro atoms. The highest BCUT2D eigenvalue weighted by atomic mass is 16.2. The van der Waals surface area contributed by atoms with Crippen LogP contribution < -0.4 is 21.3 Å². The van der Waals surface area contributed by atoms with Gasteiger partial charge in [0.15, 0.2) is 0 Å². The van der Waals surface area contributed by atoms with Gasteiger partial charge in [-0.3, -0.25) is 9.80 Å². The third-order valence-corrected chi connectivity index (χ3v) is 4.50. The summed E-state index contributed by atoms with van der Waals surface area (Å²) in [7, 11) is 0. The summed E-state index contributed by atoms with van der Waals surface area (Å²) in [6.07, 6.45) is 0. The minimum Gasteiger partial charge on any atom is -0.351 e. The SMILES string of the molecule is NC(=O)N(c1ccccc1)c1ccccc1.NC(=O)N(c1ccccc1)c1ccccc1. The van der Waals surface area contributed by atoms with Gasteiger partial charge in [0.25, 0.3) is 0 Å². The number of hydrogen-bond acceptors (Lipinski definition) is 2. The number of benzene rings is 4. The van der Waals surface area contributed by atoms with Gasteiger partial charge in [-0.15, -0.1) is 0 Å². The highest BCUT2D eigenvalue weighted by Crippen LogP contribution is 2.25. The van der Waals surface area contributed by atoms with E-state index in [1.165, 1.54) is 9.80 Å². The fraction of sp³-hybridized carbons (Fsp3) is 0. The quantitative estimate of drug-likeness (QED) is 0.433. The van der Waals surface area contributed by atoms with Crippen molar-refractivity contribution in [1.29, 1.82) is 0 Å². The molecule has 0 fully saturated rings. The van der Waals surface area contributed by atoms with Gasteiger partial charge in [0.05, 0.1) is 22.7 Å². The van der Waals surface area contributed by atoms with Crippen LogP contribution in [0.2, 0.25) is 0 Å². The second kappa shape index (κ2) is 11.0. The Morgan fingerprint density at radius 3 is 0.750 bits per heavy atom. The van der Waals surface area contributed by atoms with Crippen molar-refractivity contribution in [3.63, 3.8) is 0 Å². The first-order valence-corrected chi connectivity index (χ1v) is 9.97. The van der Waals surface area contributed by atoms with E-state index < -0.39 is 12.1 Å². The Balaban J connectivity index is 0.000000181. The molecule has 0 unspecified atom stereocenters. The third-order valence-electron chi connectivity index (χ3n) is 4.50. The van der Waals surface area contributed by atoms with Crippen LogP contribution in [0.5, 0.6) is 0 Å². The molecule has 0 heterocycles. The summed E-state index contributed by atoms with van der Waals surface area (Å²) < 4.78 is 0. The lowest BCUT2D eigenvalue weighted by atomic mass is 10.2. The Kier molecular flexibility index (Phi) is 7.59. The van der Waals surface area contributed by atoms with E-state index in [1.54, 1.807) is 0 Å². The largest absolute Gasteiger partial charge is 0.351 e. The van der Waals surface area contributed by atoms with Gasteiger partial charge in [0.2, 0.25) is 0 Å². The molecule has 160 valence electrons. The Morgan fingerprint density at radius 1 is 0.406 bits per heavy atom. The van der Waals surface area contributed by atoms with E-state index in [4.69, 9.17) is 11.5 Å². The van der Waals surface area contributed by atoms with Crippen molar-refractivity contribution in [1.82, 2.24) is 0 Å². The van der Waals surface area contributed by atoms with E-state index in [0.29, 0.717) is 0 Å². The van der Waals surface area contributed by atoms with Gasteiger partial charge >= 0.3 is 12.1 Å². The van der Waals surface area contributed by atoms with Crippen LogP contribution in [-0.4, -0.2) is 12.1 Å². The molecule has 0 aliphatic rings. The number of urea groups is 2. The van der Waals surface area contributed by atoms with Crippen LogP contribution in [0.3, 0.4) is 0 Å². The Labute approximate surface area is 187 Å². The maximum atomic E-state index is 11.4. The molecule has 0 radical (unpaired) electrons. The molecule has 6 nitrogen and oxygen atoms in total. The molecule has 0 atom stereocenters. The summed E-state index contributed by atoms with van der Waals surface area (Å²) >= 11 is 0. The van der Waals surface area contributed by atoms with Crippen molar-refractivity contribution in [2.75, 3.05) is 9.80 Å². The Morgan fingerprint density at radius 2 is 0.594 bits per heavy atom. The zero-order valence-corrected chi connectivity index (χ0v) is 17.4. The maximum absolute atomic E-state index is 11.4.